The topological polar surface area (TPSA) is 214 Å². The highest BCUT2D eigenvalue weighted by molar-refractivity contribution is 7.98. The maximum Gasteiger partial charge on any atom is 0.326 e. The molecule has 37 heavy (non-hydrogen) atoms. The minimum Gasteiger partial charge on any atom is -0.508 e. The molecule has 0 aliphatic heterocycles. The molecular formula is C24H37N5O7S. The number of carboxylic acid groups (broad SMARTS) is 1. The zero-order valence-corrected chi connectivity index (χ0v) is 22.0. The van der Waals surface area contributed by atoms with Gasteiger partial charge in [-0.1, -0.05) is 26.0 Å². The highest BCUT2D eigenvalue weighted by Crippen LogP contribution is 2.13. The second-order valence-corrected chi connectivity index (χ2v) is 9.94. The maximum atomic E-state index is 13.3. The smallest absolute Gasteiger partial charge is 0.326 e. The van der Waals surface area contributed by atoms with Crippen LogP contribution in [0, 0.1) is 5.92 Å². The van der Waals surface area contributed by atoms with E-state index in [1.54, 1.807) is 26.0 Å². The third-order valence-corrected chi connectivity index (χ3v) is 6.17. The fraction of sp³-hybridized carbons (Fsp3) is 0.542. The minimum absolute atomic E-state index is 0.0146. The number of hydrogen-bond acceptors (Lipinski definition) is 8. The average Bonchev–Trinajstić information content (AvgIpc) is 2.83. The molecule has 0 fully saturated rings. The van der Waals surface area contributed by atoms with Gasteiger partial charge in [0.05, 0.1) is 6.04 Å². The number of thioether (sulfide) groups is 1. The lowest BCUT2D eigenvalue weighted by molar-refractivity contribution is -0.143. The highest BCUT2D eigenvalue weighted by Gasteiger charge is 2.31. The molecule has 4 amide bonds. The van der Waals surface area contributed by atoms with E-state index in [0.29, 0.717) is 11.3 Å². The Balaban J connectivity index is 3.11. The van der Waals surface area contributed by atoms with Crippen LogP contribution in [0.25, 0.3) is 0 Å². The van der Waals surface area contributed by atoms with E-state index in [1.807, 2.05) is 6.26 Å². The van der Waals surface area contributed by atoms with Crippen molar-refractivity contribution in [2.45, 2.75) is 63.7 Å². The van der Waals surface area contributed by atoms with Crippen molar-refractivity contribution < 1.29 is 34.2 Å². The van der Waals surface area contributed by atoms with Gasteiger partial charge in [0, 0.05) is 12.8 Å². The molecule has 1 aromatic rings. The molecule has 1 rings (SSSR count). The Bertz CT molecular complexity index is 942. The summed E-state index contributed by atoms with van der Waals surface area (Å²) >= 11 is 1.45. The number of nitrogens with one attached hydrogen (secondary N) is 3. The summed E-state index contributed by atoms with van der Waals surface area (Å²) in [6, 6.07) is 1.57. The predicted molar refractivity (Wildman–Crippen MR) is 139 cm³/mol. The molecular weight excluding hydrogens is 502 g/mol. The van der Waals surface area contributed by atoms with Crippen LogP contribution in [-0.2, 0) is 30.4 Å². The van der Waals surface area contributed by atoms with E-state index in [4.69, 9.17) is 11.5 Å². The third kappa shape index (κ3) is 11.5. The van der Waals surface area contributed by atoms with Crippen LogP contribution >= 0.6 is 11.8 Å². The molecule has 1 aromatic carbocycles. The first-order valence-electron chi connectivity index (χ1n) is 11.8. The van der Waals surface area contributed by atoms with Crippen LogP contribution in [0.4, 0.5) is 0 Å². The number of carbonyl (C=O) groups is 5. The quantitative estimate of drug-likeness (QED) is 0.144. The summed E-state index contributed by atoms with van der Waals surface area (Å²) in [6.45, 7) is 3.30. The van der Waals surface area contributed by atoms with Gasteiger partial charge < -0.3 is 37.6 Å². The Kier molecular flexibility index (Phi) is 13.5. The molecule has 0 bridgehead atoms. The number of phenolic OH excluding ortho intramolecular Hbond substituents is 1. The minimum atomic E-state index is -1.19. The molecule has 0 saturated carbocycles. The zero-order valence-electron chi connectivity index (χ0n) is 21.2. The fourth-order valence-electron chi connectivity index (χ4n) is 3.33. The van der Waals surface area contributed by atoms with Crippen LogP contribution in [0.5, 0.6) is 5.75 Å². The van der Waals surface area contributed by atoms with Gasteiger partial charge in [-0.15, -0.1) is 0 Å². The fourth-order valence-corrected chi connectivity index (χ4v) is 3.80. The standard InChI is InChI=1S/C24H37N5O7S/c1-13(2)20(24(35)36)29-22(33)17(10-11-37-3)27-23(34)18(12-14-4-6-15(30)7-5-14)28-21(32)16(25)8-9-19(26)31/h4-7,13,16-18,20,30H,8-12,25H2,1-3H3,(H2,26,31)(H,27,34)(H,28,32)(H,29,33)(H,35,36). The van der Waals surface area contributed by atoms with Crippen molar-refractivity contribution in [2.75, 3.05) is 12.0 Å². The lowest BCUT2D eigenvalue weighted by Crippen LogP contribution is -2.58. The normalized spacial score (nSPS) is 14.2. The first-order valence-corrected chi connectivity index (χ1v) is 13.2. The number of amides is 4. The summed E-state index contributed by atoms with van der Waals surface area (Å²) in [6.07, 6.45) is 1.94. The Morgan fingerprint density at radius 3 is 2.00 bits per heavy atom. The Morgan fingerprint density at radius 1 is 0.919 bits per heavy atom. The first-order chi connectivity index (χ1) is 17.3. The highest BCUT2D eigenvalue weighted by atomic mass is 32.2. The summed E-state index contributed by atoms with van der Waals surface area (Å²) in [7, 11) is 0. The number of carbonyl (C=O) groups excluding carboxylic acids is 4. The molecule has 0 aliphatic rings. The van der Waals surface area contributed by atoms with E-state index in [1.165, 1.54) is 23.9 Å². The Morgan fingerprint density at radius 2 is 1.49 bits per heavy atom. The van der Waals surface area contributed by atoms with Gasteiger partial charge in [-0.05, 0) is 48.5 Å². The average molecular weight is 540 g/mol. The van der Waals surface area contributed by atoms with E-state index in [9.17, 15) is 34.2 Å². The van der Waals surface area contributed by atoms with Crippen molar-refractivity contribution in [3.63, 3.8) is 0 Å². The van der Waals surface area contributed by atoms with E-state index in [0.717, 1.165) is 0 Å². The third-order valence-electron chi connectivity index (χ3n) is 5.52. The molecule has 0 heterocycles. The van der Waals surface area contributed by atoms with Crippen LogP contribution in [0.1, 0.15) is 38.7 Å². The van der Waals surface area contributed by atoms with Crippen LogP contribution in [0.3, 0.4) is 0 Å². The summed E-state index contributed by atoms with van der Waals surface area (Å²) in [5.74, 6) is -3.69. The van der Waals surface area contributed by atoms with Gasteiger partial charge in [-0.3, -0.25) is 19.2 Å². The molecule has 0 saturated heterocycles. The number of hydrogen-bond donors (Lipinski definition) is 7. The number of aliphatic carboxylic acids is 1. The van der Waals surface area contributed by atoms with Crippen molar-refractivity contribution in [3.05, 3.63) is 29.8 Å². The molecule has 0 spiro atoms. The molecule has 4 atom stereocenters. The zero-order chi connectivity index (χ0) is 28.1. The van der Waals surface area contributed by atoms with Crippen LogP contribution in [0.2, 0.25) is 0 Å². The van der Waals surface area contributed by atoms with Gasteiger partial charge in [0.25, 0.3) is 0 Å². The van der Waals surface area contributed by atoms with Gasteiger partial charge >= 0.3 is 5.97 Å². The molecule has 12 nitrogen and oxygen atoms in total. The Labute approximate surface area is 220 Å². The predicted octanol–water partition coefficient (Wildman–Crippen LogP) is -0.524. The Hall–Kier alpha value is -3.32. The number of aromatic hydroxyl groups is 1. The molecule has 0 aromatic heterocycles. The molecule has 4 unspecified atom stereocenters. The summed E-state index contributed by atoms with van der Waals surface area (Å²) in [5, 5.41) is 26.6. The van der Waals surface area contributed by atoms with Crippen LogP contribution in [0.15, 0.2) is 24.3 Å². The number of carboxylic acids is 1. The number of benzene rings is 1. The van der Waals surface area contributed by atoms with Crippen molar-refractivity contribution in [1.82, 2.24) is 16.0 Å². The second-order valence-electron chi connectivity index (χ2n) is 8.95. The first kappa shape index (κ1) is 31.7. The molecule has 0 aliphatic carbocycles. The number of nitrogens with two attached hydrogens (primary N) is 2. The van der Waals surface area contributed by atoms with E-state index < -0.39 is 53.8 Å². The van der Waals surface area contributed by atoms with Crippen molar-refractivity contribution in [2.24, 2.45) is 17.4 Å². The maximum absolute atomic E-state index is 13.3. The molecule has 9 N–H and O–H groups in total. The number of primary amides is 1. The second kappa shape index (κ2) is 15.7. The number of rotatable bonds is 16. The van der Waals surface area contributed by atoms with Crippen molar-refractivity contribution >= 4 is 41.4 Å². The number of phenols is 1. The monoisotopic (exact) mass is 539 g/mol. The summed E-state index contributed by atoms with van der Waals surface area (Å²) in [4.78, 5) is 61.4. The summed E-state index contributed by atoms with van der Waals surface area (Å²) < 4.78 is 0. The van der Waals surface area contributed by atoms with Crippen LogP contribution in [-0.4, -0.2) is 76.0 Å². The SMILES string of the molecule is CSCCC(NC(=O)C(Cc1ccc(O)cc1)NC(=O)C(N)CCC(N)=O)C(=O)NC(C(=O)O)C(C)C. The molecule has 0 radical (unpaired) electrons. The van der Waals surface area contributed by atoms with Gasteiger partial charge in [0.2, 0.25) is 23.6 Å². The van der Waals surface area contributed by atoms with E-state index in [2.05, 4.69) is 16.0 Å². The van der Waals surface area contributed by atoms with Crippen molar-refractivity contribution in [1.29, 1.82) is 0 Å². The van der Waals surface area contributed by atoms with Crippen molar-refractivity contribution in [3.8, 4) is 5.75 Å². The van der Waals surface area contributed by atoms with Gasteiger partial charge in [-0.2, -0.15) is 11.8 Å². The van der Waals surface area contributed by atoms with E-state index in [-0.39, 0.29) is 37.4 Å². The summed E-state index contributed by atoms with van der Waals surface area (Å²) in [5.41, 5.74) is 11.6. The lowest BCUT2D eigenvalue weighted by atomic mass is 10.0. The molecule has 206 valence electrons. The van der Waals surface area contributed by atoms with Gasteiger partial charge in [-0.25, -0.2) is 4.79 Å². The van der Waals surface area contributed by atoms with Gasteiger partial charge in [0.15, 0.2) is 0 Å². The van der Waals surface area contributed by atoms with E-state index >= 15 is 0 Å². The molecule has 13 heteroatoms. The van der Waals surface area contributed by atoms with Gasteiger partial charge in [0.1, 0.15) is 23.9 Å². The largest absolute Gasteiger partial charge is 0.508 e. The lowest BCUT2D eigenvalue weighted by Gasteiger charge is -2.26. The van der Waals surface area contributed by atoms with Crippen LogP contribution < -0.4 is 27.4 Å².